The van der Waals surface area contributed by atoms with Crippen molar-refractivity contribution in [1.82, 2.24) is 14.3 Å². The van der Waals surface area contributed by atoms with Gasteiger partial charge in [0.2, 0.25) is 0 Å². The minimum Gasteiger partial charge on any atom is -0.497 e. The van der Waals surface area contributed by atoms with E-state index in [4.69, 9.17) is 40.4 Å². The molecule has 11 heteroatoms. The quantitative estimate of drug-likeness (QED) is 0.0577. The van der Waals surface area contributed by atoms with Gasteiger partial charge in [-0.2, -0.15) is 5.10 Å². The molecule has 1 unspecified atom stereocenters. The van der Waals surface area contributed by atoms with Crippen LogP contribution in [0.1, 0.15) is 72.0 Å². The highest BCUT2D eigenvalue weighted by atomic mass is 35.5. The second kappa shape index (κ2) is 17.3. The Bertz CT molecular complexity index is 2350. The summed E-state index contributed by atoms with van der Waals surface area (Å²) in [5.74, 6) is 2.18. The fourth-order valence-corrected chi connectivity index (χ4v) is 9.29. The summed E-state index contributed by atoms with van der Waals surface area (Å²) in [7, 11) is 3.62. The minimum atomic E-state index is -0.352. The van der Waals surface area contributed by atoms with Crippen LogP contribution in [0.4, 0.5) is 0 Å². The van der Waals surface area contributed by atoms with Crippen molar-refractivity contribution in [3.05, 3.63) is 106 Å². The fourth-order valence-electron chi connectivity index (χ4n) is 8.11. The van der Waals surface area contributed by atoms with Crippen molar-refractivity contribution in [3.8, 4) is 22.6 Å². The van der Waals surface area contributed by atoms with Crippen LogP contribution in [0.3, 0.4) is 0 Å². The maximum Gasteiger partial charge on any atom is 0.355 e. The van der Waals surface area contributed by atoms with Crippen LogP contribution in [0.15, 0.2) is 77.7 Å². The molecule has 56 heavy (non-hydrogen) atoms. The van der Waals surface area contributed by atoms with Crippen LogP contribution in [0.2, 0.25) is 5.02 Å². The van der Waals surface area contributed by atoms with Crippen LogP contribution < -0.4 is 9.47 Å². The zero-order chi connectivity index (χ0) is 38.6. The number of ether oxygens (including phenoxy) is 5. The van der Waals surface area contributed by atoms with Gasteiger partial charge in [0.1, 0.15) is 17.2 Å². The van der Waals surface area contributed by atoms with Gasteiger partial charge in [0.15, 0.2) is 6.29 Å². The van der Waals surface area contributed by atoms with Crippen molar-refractivity contribution in [3.63, 3.8) is 0 Å². The van der Waals surface area contributed by atoms with Crippen molar-refractivity contribution < 1.29 is 28.5 Å². The number of benzene rings is 4. The first-order chi connectivity index (χ1) is 27.4. The highest BCUT2D eigenvalue weighted by molar-refractivity contribution is 7.98. The van der Waals surface area contributed by atoms with Crippen LogP contribution in [0.25, 0.3) is 32.8 Å². The van der Waals surface area contributed by atoms with E-state index in [1.165, 1.54) is 5.56 Å². The molecule has 1 fully saturated rings. The Morgan fingerprint density at radius 1 is 1.02 bits per heavy atom. The SMILES string of the molecule is CCOC(=O)c1c(CCCOc2cc(SCc3ccc(OC)cc3)cc3ccccc23)c2ccc(Cl)c(-c3c(COC4CCCCO4)nn4c3CCC4)c2n1C. The van der Waals surface area contributed by atoms with Crippen molar-refractivity contribution in [1.29, 1.82) is 0 Å². The monoisotopic (exact) mass is 793 g/mol. The highest BCUT2D eigenvalue weighted by Crippen LogP contribution is 2.44. The van der Waals surface area contributed by atoms with Crippen molar-refractivity contribution >= 4 is 51.0 Å². The van der Waals surface area contributed by atoms with Gasteiger partial charge >= 0.3 is 5.97 Å². The summed E-state index contributed by atoms with van der Waals surface area (Å²) in [6, 6.07) is 24.9. The maximum absolute atomic E-state index is 13.7. The number of fused-ring (bicyclic) bond motifs is 3. The summed E-state index contributed by atoms with van der Waals surface area (Å²) < 4.78 is 33.8. The zero-order valence-electron chi connectivity index (χ0n) is 32.3. The second-order valence-corrected chi connectivity index (χ2v) is 15.8. The zero-order valence-corrected chi connectivity index (χ0v) is 33.8. The Balaban J connectivity index is 1.08. The molecular formula is C45H48ClN3O6S. The predicted octanol–water partition coefficient (Wildman–Crippen LogP) is 10.3. The Kier molecular flexibility index (Phi) is 11.9. The molecule has 0 spiro atoms. The number of methoxy groups -OCH3 is 1. The van der Waals surface area contributed by atoms with Gasteiger partial charge in [-0.05, 0) is 98.7 Å². The summed E-state index contributed by atoms with van der Waals surface area (Å²) in [5, 5.41) is 8.81. The molecule has 0 amide bonds. The van der Waals surface area contributed by atoms with E-state index in [0.717, 1.165) is 111 Å². The number of aromatic nitrogens is 3. The molecule has 1 saturated heterocycles. The summed E-state index contributed by atoms with van der Waals surface area (Å²) in [6.07, 6.45) is 5.98. The number of aryl methyl sites for hydroxylation is 3. The highest BCUT2D eigenvalue weighted by Gasteiger charge is 2.31. The fraction of sp³-hybridized carbons (Fsp3) is 0.378. The number of rotatable bonds is 15. The molecule has 1 atom stereocenters. The van der Waals surface area contributed by atoms with Gasteiger partial charge in [-0.3, -0.25) is 4.68 Å². The average molecular weight is 794 g/mol. The number of thioether (sulfide) groups is 1. The largest absolute Gasteiger partial charge is 0.497 e. The molecule has 9 nitrogen and oxygen atoms in total. The number of esters is 1. The molecule has 2 aliphatic rings. The Morgan fingerprint density at radius 2 is 1.88 bits per heavy atom. The van der Waals surface area contributed by atoms with Crippen molar-refractivity contribution in [2.24, 2.45) is 7.05 Å². The molecular weight excluding hydrogens is 746 g/mol. The first kappa shape index (κ1) is 38.4. The van der Waals surface area contributed by atoms with E-state index in [9.17, 15) is 4.79 Å². The lowest BCUT2D eigenvalue weighted by molar-refractivity contribution is -0.169. The van der Waals surface area contributed by atoms with E-state index < -0.39 is 0 Å². The van der Waals surface area contributed by atoms with E-state index in [1.54, 1.807) is 18.9 Å². The van der Waals surface area contributed by atoms with E-state index in [0.29, 0.717) is 43.4 Å². The molecule has 0 aliphatic carbocycles. The van der Waals surface area contributed by atoms with Gasteiger partial charge in [-0.1, -0.05) is 54.1 Å². The van der Waals surface area contributed by atoms with Crippen LogP contribution in [-0.2, 0) is 53.0 Å². The summed E-state index contributed by atoms with van der Waals surface area (Å²) >= 11 is 8.94. The van der Waals surface area contributed by atoms with E-state index >= 15 is 0 Å². The third kappa shape index (κ3) is 7.89. The lowest BCUT2D eigenvalue weighted by Crippen LogP contribution is -2.22. The Morgan fingerprint density at radius 3 is 2.68 bits per heavy atom. The van der Waals surface area contributed by atoms with Gasteiger partial charge in [0.25, 0.3) is 0 Å². The summed E-state index contributed by atoms with van der Waals surface area (Å²) in [4.78, 5) is 14.9. The molecule has 292 valence electrons. The third-order valence-corrected chi connectivity index (χ3v) is 12.1. The molecule has 4 aromatic carbocycles. The standard InChI is InChI=1S/C45H48ClN3O6S/c1-4-52-45(50)44-34(13-10-24-53-39-26-32(25-30-11-5-6-12-33(30)39)56-28-29-16-18-31(51-3)19-17-29)35-20-21-36(46)41(43(35)48(44)2)42-37(47-49-22-9-14-38(42)49)27-55-40-15-7-8-23-54-40/h5-6,11-12,16-21,25-26,40H,4,7-10,13-15,22-24,27-28H2,1-3H3. The lowest BCUT2D eigenvalue weighted by atomic mass is 9.97. The Labute approximate surface area is 337 Å². The molecule has 2 aliphatic heterocycles. The molecule has 8 rings (SSSR count). The second-order valence-electron chi connectivity index (χ2n) is 14.4. The summed E-state index contributed by atoms with van der Waals surface area (Å²) in [5.41, 5.74) is 7.43. The maximum atomic E-state index is 13.7. The van der Waals surface area contributed by atoms with Gasteiger partial charge in [0.05, 0.1) is 43.2 Å². The van der Waals surface area contributed by atoms with Crippen LogP contribution >= 0.6 is 23.4 Å². The lowest BCUT2D eigenvalue weighted by Gasteiger charge is -2.22. The van der Waals surface area contributed by atoms with Gasteiger partial charge in [0, 0.05) is 58.4 Å². The first-order valence-electron chi connectivity index (χ1n) is 19.6. The number of hydrogen-bond acceptors (Lipinski definition) is 8. The first-order valence-corrected chi connectivity index (χ1v) is 21.0. The molecule has 0 saturated carbocycles. The number of carbonyl (C=O) groups is 1. The average Bonchev–Trinajstić information content (AvgIpc) is 3.90. The van der Waals surface area contributed by atoms with Crippen molar-refractivity contribution in [2.75, 3.05) is 26.9 Å². The topological polar surface area (TPSA) is 86.0 Å². The smallest absolute Gasteiger partial charge is 0.355 e. The van der Waals surface area contributed by atoms with E-state index in [2.05, 4.69) is 47.1 Å². The number of halogens is 1. The molecule has 0 N–H and O–H groups in total. The minimum absolute atomic E-state index is 0.239. The van der Waals surface area contributed by atoms with E-state index in [1.807, 2.05) is 48.9 Å². The van der Waals surface area contributed by atoms with E-state index in [-0.39, 0.29) is 18.9 Å². The molecule has 2 aromatic heterocycles. The van der Waals surface area contributed by atoms with Crippen LogP contribution in [0.5, 0.6) is 11.5 Å². The number of hydrogen-bond donors (Lipinski definition) is 0. The Hall–Kier alpha value is -4.48. The molecule has 0 bridgehead atoms. The molecule has 0 radical (unpaired) electrons. The molecule has 4 heterocycles. The summed E-state index contributed by atoms with van der Waals surface area (Å²) in [6.45, 7) is 4.46. The molecule has 6 aromatic rings. The third-order valence-electron chi connectivity index (χ3n) is 10.8. The number of nitrogens with zero attached hydrogens (tertiary/aromatic N) is 3. The van der Waals surface area contributed by atoms with Gasteiger partial charge in [-0.25, -0.2) is 4.79 Å². The predicted molar refractivity (Wildman–Crippen MR) is 222 cm³/mol. The number of carbonyl (C=O) groups excluding carboxylic acids is 1. The van der Waals surface area contributed by atoms with Gasteiger partial charge < -0.3 is 28.3 Å². The van der Waals surface area contributed by atoms with Crippen LogP contribution in [0, 0.1) is 0 Å². The van der Waals surface area contributed by atoms with Crippen molar-refractivity contribution in [2.45, 2.75) is 82.0 Å². The van der Waals surface area contributed by atoms with Crippen LogP contribution in [-0.4, -0.2) is 53.5 Å². The normalized spacial score (nSPS) is 15.4. The van der Waals surface area contributed by atoms with Gasteiger partial charge in [-0.15, -0.1) is 11.8 Å².